The Kier molecular flexibility index (Phi) is 5.99. The quantitative estimate of drug-likeness (QED) is 0.665. The van der Waals surface area contributed by atoms with E-state index >= 15 is 0 Å². The maximum Gasteiger partial charge on any atom is 0.234 e. The zero-order chi connectivity index (χ0) is 20.5. The lowest BCUT2D eigenvalue weighted by Gasteiger charge is -2.45. The standard InChI is InChI=1S/C21H28N2O4S2/c1-27-8-10-29(25,26)22-20-4-2-3-17(11-20)21(24)18-5-6-19(21)14-23(13-18)12-16-7-9-28-15-16/h2-4,7,9,11,15,18-19,22,24H,5-6,8,10,12-14H2,1H3. The van der Waals surface area contributed by atoms with Gasteiger partial charge in [0.1, 0.15) is 0 Å². The molecule has 2 heterocycles. The molecule has 1 aliphatic heterocycles. The number of thiophene rings is 1. The van der Waals surface area contributed by atoms with Crippen molar-refractivity contribution in [2.24, 2.45) is 11.8 Å². The van der Waals surface area contributed by atoms with Gasteiger partial charge >= 0.3 is 0 Å². The molecular formula is C21H28N2O4S2. The number of methoxy groups -OCH3 is 1. The number of anilines is 1. The van der Waals surface area contributed by atoms with Gasteiger partial charge in [0.15, 0.2) is 0 Å². The minimum atomic E-state index is -3.48. The van der Waals surface area contributed by atoms with Crippen molar-refractivity contribution in [1.82, 2.24) is 4.90 Å². The maximum absolute atomic E-state index is 12.2. The van der Waals surface area contributed by atoms with Crippen molar-refractivity contribution in [3.63, 3.8) is 0 Å². The first-order valence-corrected chi connectivity index (χ1v) is 12.6. The molecule has 0 spiro atoms. The molecule has 2 bridgehead atoms. The van der Waals surface area contributed by atoms with Crippen molar-refractivity contribution in [2.45, 2.75) is 25.0 Å². The molecule has 6 nitrogen and oxygen atoms in total. The van der Waals surface area contributed by atoms with Crippen LogP contribution in [0.2, 0.25) is 0 Å². The molecule has 1 saturated heterocycles. The molecule has 1 aliphatic carbocycles. The number of aliphatic hydroxyl groups is 1. The van der Waals surface area contributed by atoms with Crippen LogP contribution in [0.5, 0.6) is 0 Å². The Balaban J connectivity index is 1.51. The van der Waals surface area contributed by atoms with Crippen LogP contribution < -0.4 is 4.72 Å². The number of sulfonamides is 1. The van der Waals surface area contributed by atoms with Gasteiger partial charge in [0.05, 0.1) is 18.0 Å². The number of likely N-dealkylation sites (tertiary alicyclic amines) is 1. The third-order valence-electron chi connectivity index (χ3n) is 6.21. The summed E-state index contributed by atoms with van der Waals surface area (Å²) < 4.78 is 31.9. The number of nitrogens with zero attached hydrogens (tertiary/aromatic N) is 1. The average Bonchev–Trinajstić information content (AvgIpc) is 3.23. The summed E-state index contributed by atoms with van der Waals surface area (Å²) in [5, 5.41) is 16.0. The monoisotopic (exact) mass is 436 g/mol. The molecule has 1 aromatic heterocycles. The molecule has 2 unspecified atom stereocenters. The molecule has 2 fully saturated rings. The van der Waals surface area contributed by atoms with Gasteiger partial charge < -0.3 is 9.84 Å². The van der Waals surface area contributed by atoms with Gasteiger partial charge in [-0.15, -0.1) is 0 Å². The highest BCUT2D eigenvalue weighted by Gasteiger charge is 2.53. The number of benzene rings is 1. The van der Waals surface area contributed by atoms with E-state index in [1.807, 2.05) is 12.1 Å². The first-order chi connectivity index (χ1) is 13.9. The van der Waals surface area contributed by atoms with E-state index in [1.54, 1.807) is 23.5 Å². The van der Waals surface area contributed by atoms with Gasteiger partial charge in [0.2, 0.25) is 10.0 Å². The second-order valence-corrected chi connectivity index (χ2v) is 10.7. The SMILES string of the molecule is COCCS(=O)(=O)Nc1cccc(C2(O)C3CCC2CN(Cc2ccsc2)C3)c1. The zero-order valence-corrected chi connectivity index (χ0v) is 18.2. The van der Waals surface area contributed by atoms with E-state index < -0.39 is 15.6 Å². The van der Waals surface area contributed by atoms with Crippen molar-refractivity contribution in [1.29, 1.82) is 0 Å². The van der Waals surface area contributed by atoms with Crippen LogP contribution in [0.4, 0.5) is 5.69 Å². The lowest BCUT2D eigenvalue weighted by Crippen LogP contribution is -2.51. The van der Waals surface area contributed by atoms with E-state index in [4.69, 9.17) is 4.74 Å². The zero-order valence-electron chi connectivity index (χ0n) is 16.6. The van der Waals surface area contributed by atoms with Gasteiger partial charge in [0, 0.05) is 44.3 Å². The topological polar surface area (TPSA) is 78.9 Å². The summed E-state index contributed by atoms with van der Waals surface area (Å²) in [4.78, 5) is 2.44. The van der Waals surface area contributed by atoms with E-state index in [0.29, 0.717) is 5.69 Å². The predicted molar refractivity (Wildman–Crippen MR) is 115 cm³/mol. The van der Waals surface area contributed by atoms with Gasteiger partial charge in [-0.1, -0.05) is 12.1 Å². The highest BCUT2D eigenvalue weighted by molar-refractivity contribution is 7.92. The molecule has 0 amide bonds. The van der Waals surface area contributed by atoms with E-state index in [9.17, 15) is 13.5 Å². The first kappa shape index (κ1) is 20.8. The number of piperidine rings is 1. The number of nitrogens with one attached hydrogen (secondary N) is 1. The van der Waals surface area contributed by atoms with Crippen LogP contribution in [0.3, 0.4) is 0 Å². The van der Waals surface area contributed by atoms with Crippen LogP contribution in [0.15, 0.2) is 41.1 Å². The third kappa shape index (κ3) is 4.36. The van der Waals surface area contributed by atoms with Gasteiger partial charge in [0.25, 0.3) is 0 Å². The van der Waals surface area contributed by atoms with Crippen LogP contribution >= 0.6 is 11.3 Å². The third-order valence-corrected chi connectivity index (χ3v) is 8.19. The Bertz CT molecular complexity index is 916. The fourth-order valence-electron chi connectivity index (χ4n) is 4.83. The fourth-order valence-corrected chi connectivity index (χ4v) is 6.47. The molecule has 2 N–H and O–H groups in total. The van der Waals surface area contributed by atoms with Gasteiger partial charge in [-0.05, 0) is 52.9 Å². The van der Waals surface area contributed by atoms with Crippen LogP contribution in [0.25, 0.3) is 0 Å². The van der Waals surface area contributed by atoms with Gasteiger partial charge in [-0.3, -0.25) is 9.62 Å². The van der Waals surface area contributed by atoms with Crippen molar-refractivity contribution in [3.05, 3.63) is 52.2 Å². The van der Waals surface area contributed by atoms with E-state index in [2.05, 4.69) is 26.4 Å². The lowest BCUT2D eigenvalue weighted by molar-refractivity contribution is -0.0914. The highest BCUT2D eigenvalue weighted by Crippen LogP contribution is 2.51. The average molecular weight is 437 g/mol. The summed E-state index contributed by atoms with van der Waals surface area (Å²) in [6.07, 6.45) is 1.98. The molecule has 1 aromatic carbocycles. The molecule has 29 heavy (non-hydrogen) atoms. The molecule has 2 aromatic rings. The van der Waals surface area contributed by atoms with E-state index in [1.165, 1.54) is 12.7 Å². The molecular weight excluding hydrogens is 408 g/mol. The van der Waals surface area contributed by atoms with E-state index in [-0.39, 0.29) is 24.2 Å². The van der Waals surface area contributed by atoms with Crippen molar-refractivity contribution in [3.8, 4) is 0 Å². The number of hydrogen-bond donors (Lipinski definition) is 2. The van der Waals surface area contributed by atoms with Crippen molar-refractivity contribution >= 4 is 27.0 Å². The molecule has 2 aliphatic rings. The van der Waals surface area contributed by atoms with E-state index in [0.717, 1.165) is 38.0 Å². The van der Waals surface area contributed by atoms with Crippen molar-refractivity contribution in [2.75, 3.05) is 37.3 Å². The highest BCUT2D eigenvalue weighted by atomic mass is 32.2. The summed E-state index contributed by atoms with van der Waals surface area (Å²) >= 11 is 1.71. The second kappa shape index (κ2) is 8.35. The van der Waals surface area contributed by atoms with Crippen LogP contribution in [0, 0.1) is 11.8 Å². The van der Waals surface area contributed by atoms with Crippen LogP contribution in [0.1, 0.15) is 24.0 Å². The van der Waals surface area contributed by atoms with Crippen LogP contribution in [-0.2, 0) is 26.9 Å². The predicted octanol–water partition coefficient (Wildman–Crippen LogP) is 2.87. The Morgan fingerprint density at radius 1 is 1.28 bits per heavy atom. The number of fused-ring (bicyclic) bond motifs is 2. The first-order valence-electron chi connectivity index (χ1n) is 9.96. The fraction of sp³-hybridized carbons (Fsp3) is 0.524. The summed E-state index contributed by atoms with van der Waals surface area (Å²) in [6, 6.07) is 9.42. The molecule has 2 atom stereocenters. The smallest absolute Gasteiger partial charge is 0.234 e. The van der Waals surface area contributed by atoms with Crippen molar-refractivity contribution < 1.29 is 18.3 Å². The lowest BCUT2D eigenvalue weighted by atomic mass is 9.75. The Labute approximate surface area is 176 Å². The summed E-state index contributed by atoms with van der Waals surface area (Å²) in [7, 11) is -2.00. The molecule has 158 valence electrons. The Hall–Kier alpha value is -1.45. The minimum Gasteiger partial charge on any atom is -0.384 e. The molecule has 1 saturated carbocycles. The number of rotatable bonds is 8. The minimum absolute atomic E-state index is 0.0964. The van der Waals surface area contributed by atoms with Crippen LogP contribution in [-0.4, -0.2) is 51.0 Å². The second-order valence-electron chi connectivity index (χ2n) is 8.12. The molecule has 8 heteroatoms. The van der Waals surface area contributed by atoms with Gasteiger partial charge in [-0.25, -0.2) is 8.42 Å². The maximum atomic E-state index is 12.2. The largest absolute Gasteiger partial charge is 0.384 e. The van der Waals surface area contributed by atoms with Gasteiger partial charge in [-0.2, -0.15) is 11.3 Å². The molecule has 0 radical (unpaired) electrons. The molecule has 4 rings (SSSR count). The normalized spacial score (nSPS) is 27.2. The summed E-state index contributed by atoms with van der Waals surface area (Å²) in [5.41, 5.74) is 1.73. The summed E-state index contributed by atoms with van der Waals surface area (Å²) in [5.74, 6) is 0.210. The number of ether oxygens (including phenoxy) is 1. The Morgan fingerprint density at radius 2 is 2.03 bits per heavy atom. The summed E-state index contributed by atoms with van der Waals surface area (Å²) in [6.45, 7) is 2.77. The number of hydrogen-bond acceptors (Lipinski definition) is 6. The Morgan fingerprint density at radius 3 is 2.69 bits per heavy atom.